The molecule has 2 N–H and O–H groups in total. The van der Waals surface area contributed by atoms with Crippen molar-refractivity contribution in [3.8, 4) is 5.75 Å². The van der Waals surface area contributed by atoms with E-state index in [1.807, 2.05) is 6.92 Å². The van der Waals surface area contributed by atoms with Crippen LogP contribution in [0.4, 0.5) is 11.4 Å². The number of hydrogen-bond acceptors (Lipinski definition) is 4. The van der Waals surface area contributed by atoms with E-state index < -0.39 is 10.0 Å². The van der Waals surface area contributed by atoms with Crippen LogP contribution in [-0.4, -0.2) is 20.9 Å². The zero-order chi connectivity index (χ0) is 20.3. The standard InChI is InChI=1S/C20H23BrN2O4S/c1-3-27-18-10-9-16(11-17(18)21)23-28(25,26)19-12-15(8-7-13(19)2)22-20(24)14-5-4-6-14/h7-12,14,23H,3-6H2,1-2H3,(H,22,24). The number of carbonyl (C=O) groups excluding carboxylic acids is 1. The Balaban J connectivity index is 1.81. The zero-order valence-electron chi connectivity index (χ0n) is 15.8. The van der Waals surface area contributed by atoms with Crippen molar-refractivity contribution in [2.75, 3.05) is 16.6 Å². The van der Waals surface area contributed by atoms with Gasteiger partial charge in [0.2, 0.25) is 5.91 Å². The molecule has 2 aromatic rings. The normalized spacial score (nSPS) is 14.2. The number of hydrogen-bond donors (Lipinski definition) is 2. The van der Waals surface area contributed by atoms with Crippen molar-refractivity contribution in [1.29, 1.82) is 0 Å². The van der Waals surface area contributed by atoms with E-state index >= 15 is 0 Å². The molecule has 28 heavy (non-hydrogen) atoms. The van der Waals surface area contributed by atoms with Gasteiger partial charge < -0.3 is 10.1 Å². The number of amides is 1. The monoisotopic (exact) mass is 466 g/mol. The van der Waals surface area contributed by atoms with Crippen molar-refractivity contribution in [2.24, 2.45) is 5.92 Å². The number of anilines is 2. The van der Waals surface area contributed by atoms with E-state index in [4.69, 9.17) is 4.74 Å². The van der Waals surface area contributed by atoms with E-state index in [9.17, 15) is 13.2 Å². The summed E-state index contributed by atoms with van der Waals surface area (Å²) in [6, 6.07) is 9.91. The highest BCUT2D eigenvalue weighted by Crippen LogP contribution is 2.31. The minimum atomic E-state index is -3.82. The lowest BCUT2D eigenvalue weighted by molar-refractivity contribution is -0.122. The first-order valence-electron chi connectivity index (χ1n) is 9.17. The number of benzene rings is 2. The first-order valence-corrected chi connectivity index (χ1v) is 11.4. The van der Waals surface area contributed by atoms with Crippen LogP contribution in [0, 0.1) is 12.8 Å². The number of carbonyl (C=O) groups is 1. The molecule has 0 atom stereocenters. The molecule has 0 aliphatic heterocycles. The molecule has 1 aliphatic rings. The Labute approximate surface area is 173 Å². The van der Waals surface area contributed by atoms with E-state index in [1.54, 1.807) is 37.3 Å². The number of ether oxygens (including phenoxy) is 1. The first-order chi connectivity index (χ1) is 13.3. The van der Waals surface area contributed by atoms with Crippen molar-refractivity contribution in [3.05, 3.63) is 46.4 Å². The topological polar surface area (TPSA) is 84.5 Å². The number of halogens is 1. The highest BCUT2D eigenvalue weighted by Gasteiger charge is 2.26. The maximum Gasteiger partial charge on any atom is 0.262 e. The van der Waals surface area contributed by atoms with Gasteiger partial charge in [-0.1, -0.05) is 12.5 Å². The fourth-order valence-electron chi connectivity index (χ4n) is 2.93. The average molecular weight is 467 g/mol. The predicted molar refractivity (Wildman–Crippen MR) is 113 cm³/mol. The fraction of sp³-hybridized carbons (Fsp3) is 0.350. The molecule has 1 aliphatic carbocycles. The molecule has 0 spiro atoms. The molecule has 0 heterocycles. The smallest absolute Gasteiger partial charge is 0.262 e. The van der Waals surface area contributed by atoms with Crippen LogP contribution in [0.1, 0.15) is 31.7 Å². The quantitative estimate of drug-likeness (QED) is 0.619. The Bertz CT molecular complexity index is 988. The molecule has 0 bridgehead atoms. The van der Waals surface area contributed by atoms with Crippen molar-refractivity contribution in [2.45, 2.75) is 38.0 Å². The lowest BCUT2D eigenvalue weighted by atomic mass is 9.85. The zero-order valence-corrected chi connectivity index (χ0v) is 18.2. The summed E-state index contributed by atoms with van der Waals surface area (Å²) in [6.07, 6.45) is 2.83. The summed E-state index contributed by atoms with van der Waals surface area (Å²) < 4.78 is 34.5. The largest absolute Gasteiger partial charge is 0.493 e. The molecule has 0 saturated heterocycles. The molecule has 2 aromatic carbocycles. The second-order valence-corrected chi connectivity index (χ2v) is 9.29. The van der Waals surface area contributed by atoms with E-state index in [2.05, 4.69) is 26.0 Å². The predicted octanol–water partition coefficient (Wildman–Crippen LogP) is 4.70. The molecule has 0 unspecified atom stereocenters. The van der Waals surface area contributed by atoms with Gasteiger partial charge in [-0.15, -0.1) is 0 Å². The lowest BCUT2D eigenvalue weighted by Gasteiger charge is -2.24. The van der Waals surface area contributed by atoms with Crippen molar-refractivity contribution in [1.82, 2.24) is 0 Å². The summed E-state index contributed by atoms with van der Waals surface area (Å²) in [4.78, 5) is 12.3. The van der Waals surface area contributed by atoms with Gasteiger partial charge in [-0.2, -0.15) is 0 Å². The number of rotatable bonds is 7. The minimum absolute atomic E-state index is 0.0284. The first kappa shape index (κ1) is 20.7. The molecule has 0 radical (unpaired) electrons. The Morgan fingerprint density at radius 3 is 2.50 bits per heavy atom. The van der Waals surface area contributed by atoms with Gasteiger partial charge in [-0.25, -0.2) is 8.42 Å². The molecular formula is C20H23BrN2O4S. The minimum Gasteiger partial charge on any atom is -0.493 e. The third-order valence-electron chi connectivity index (χ3n) is 4.71. The molecule has 1 amide bonds. The molecule has 1 saturated carbocycles. The number of nitrogens with one attached hydrogen (secondary N) is 2. The van der Waals surface area contributed by atoms with Crippen LogP contribution in [0.25, 0.3) is 0 Å². The van der Waals surface area contributed by atoms with Crippen LogP contribution in [0.2, 0.25) is 0 Å². The second kappa shape index (κ2) is 8.53. The number of aryl methyl sites for hydroxylation is 1. The Morgan fingerprint density at radius 2 is 1.89 bits per heavy atom. The molecule has 3 rings (SSSR count). The van der Waals surface area contributed by atoms with Crippen LogP contribution < -0.4 is 14.8 Å². The van der Waals surface area contributed by atoms with E-state index in [0.717, 1.165) is 19.3 Å². The molecule has 150 valence electrons. The van der Waals surface area contributed by atoms with Crippen LogP contribution in [0.15, 0.2) is 45.8 Å². The molecule has 0 aromatic heterocycles. The molecule has 1 fully saturated rings. The third kappa shape index (κ3) is 4.67. The summed E-state index contributed by atoms with van der Waals surface area (Å²) in [5.74, 6) is 0.616. The Morgan fingerprint density at radius 1 is 1.18 bits per heavy atom. The summed E-state index contributed by atoms with van der Waals surface area (Å²) in [5.41, 5.74) is 1.49. The molecular weight excluding hydrogens is 444 g/mol. The van der Waals surface area contributed by atoms with Gasteiger partial charge in [0.15, 0.2) is 0 Å². The van der Waals surface area contributed by atoms with Crippen LogP contribution in [0.5, 0.6) is 5.75 Å². The van der Waals surface area contributed by atoms with Gasteiger partial charge in [0.1, 0.15) is 5.75 Å². The Hall–Kier alpha value is -2.06. The third-order valence-corrected chi connectivity index (χ3v) is 6.85. The summed E-state index contributed by atoms with van der Waals surface area (Å²) in [6.45, 7) is 4.12. The molecule has 8 heteroatoms. The van der Waals surface area contributed by atoms with Crippen molar-refractivity contribution in [3.63, 3.8) is 0 Å². The van der Waals surface area contributed by atoms with E-state index in [-0.39, 0.29) is 16.7 Å². The van der Waals surface area contributed by atoms with E-state index in [1.165, 1.54) is 6.07 Å². The van der Waals surface area contributed by atoms with Crippen LogP contribution in [-0.2, 0) is 14.8 Å². The lowest BCUT2D eigenvalue weighted by Crippen LogP contribution is -2.28. The maximum atomic E-state index is 12.9. The Kier molecular flexibility index (Phi) is 6.30. The van der Waals surface area contributed by atoms with Gasteiger partial charge in [-0.3, -0.25) is 9.52 Å². The fourth-order valence-corrected chi connectivity index (χ4v) is 4.74. The highest BCUT2D eigenvalue weighted by atomic mass is 79.9. The molecule has 6 nitrogen and oxygen atoms in total. The van der Waals surface area contributed by atoms with Gasteiger partial charge in [0.25, 0.3) is 10.0 Å². The van der Waals surface area contributed by atoms with Crippen molar-refractivity contribution >= 4 is 43.2 Å². The summed E-state index contributed by atoms with van der Waals surface area (Å²) in [7, 11) is -3.82. The van der Waals surface area contributed by atoms with E-state index in [0.29, 0.717) is 33.8 Å². The average Bonchev–Trinajstić information content (AvgIpc) is 2.57. The maximum absolute atomic E-state index is 12.9. The highest BCUT2D eigenvalue weighted by molar-refractivity contribution is 9.10. The summed E-state index contributed by atoms with van der Waals surface area (Å²) >= 11 is 3.38. The van der Waals surface area contributed by atoms with Gasteiger partial charge in [0, 0.05) is 11.6 Å². The van der Waals surface area contributed by atoms with Gasteiger partial charge >= 0.3 is 0 Å². The van der Waals surface area contributed by atoms with Gasteiger partial charge in [0.05, 0.1) is 21.7 Å². The SMILES string of the molecule is CCOc1ccc(NS(=O)(=O)c2cc(NC(=O)C3CCC3)ccc2C)cc1Br. The summed E-state index contributed by atoms with van der Waals surface area (Å²) in [5, 5.41) is 2.82. The van der Waals surface area contributed by atoms with Crippen LogP contribution in [0.3, 0.4) is 0 Å². The van der Waals surface area contributed by atoms with Crippen molar-refractivity contribution < 1.29 is 17.9 Å². The van der Waals surface area contributed by atoms with Gasteiger partial charge in [-0.05, 0) is 78.5 Å². The number of sulfonamides is 1. The van der Waals surface area contributed by atoms with Crippen LogP contribution >= 0.6 is 15.9 Å². The second-order valence-electron chi connectivity index (χ2n) is 6.78.